The van der Waals surface area contributed by atoms with Crippen LogP contribution in [0.4, 0.5) is 17.1 Å². The lowest BCUT2D eigenvalue weighted by Gasteiger charge is -2.28. The summed E-state index contributed by atoms with van der Waals surface area (Å²) in [5.74, 6) is 0. The number of fused-ring (bicyclic) bond motifs is 4. The first-order chi connectivity index (χ1) is 26.2. The molecule has 0 radical (unpaired) electrons. The van der Waals surface area contributed by atoms with Gasteiger partial charge in [-0.1, -0.05) is 159 Å². The Balaban J connectivity index is 1.19. The molecule has 0 unspecified atom stereocenters. The van der Waals surface area contributed by atoms with E-state index >= 15 is 0 Å². The molecule has 1 heteroatoms. The summed E-state index contributed by atoms with van der Waals surface area (Å²) in [7, 11) is 0. The lowest BCUT2D eigenvalue weighted by atomic mass is 9.82. The molecule has 8 aromatic rings. The van der Waals surface area contributed by atoms with Crippen molar-refractivity contribution in [2.75, 3.05) is 4.90 Å². The van der Waals surface area contributed by atoms with Crippen LogP contribution in [0.5, 0.6) is 0 Å². The maximum Gasteiger partial charge on any atom is 0.0645 e. The fourth-order valence-corrected chi connectivity index (χ4v) is 7.55. The highest BCUT2D eigenvalue weighted by atomic mass is 15.1. The molecule has 0 saturated carbocycles. The van der Waals surface area contributed by atoms with E-state index in [1.807, 2.05) is 53.4 Å². The highest BCUT2D eigenvalue weighted by Crippen LogP contribution is 2.50. The van der Waals surface area contributed by atoms with E-state index in [-0.39, 0.29) is 35.3 Å². The Morgan fingerprint density at radius 2 is 1.00 bits per heavy atom. The zero-order valence-electron chi connectivity index (χ0n) is 32.0. The van der Waals surface area contributed by atoms with E-state index in [1.54, 1.807) is 0 Å². The maximum atomic E-state index is 9.40. The van der Waals surface area contributed by atoms with Crippen LogP contribution in [0.15, 0.2) is 188 Å². The summed E-state index contributed by atoms with van der Waals surface area (Å²) in [6.45, 7) is 4.47. The smallest absolute Gasteiger partial charge is 0.0645 e. The Hall–Kier alpha value is -6.18. The molecule has 238 valence electrons. The molecule has 0 atom stereocenters. The molecule has 1 aliphatic carbocycles. The number of hydrogen-bond donors (Lipinski definition) is 0. The van der Waals surface area contributed by atoms with Crippen molar-refractivity contribution in [3.63, 3.8) is 0 Å². The van der Waals surface area contributed by atoms with Gasteiger partial charge in [0.2, 0.25) is 0 Å². The topological polar surface area (TPSA) is 3.24 Å². The Kier molecular flexibility index (Phi) is 6.22. The van der Waals surface area contributed by atoms with Gasteiger partial charge in [0.1, 0.15) is 0 Å². The van der Waals surface area contributed by atoms with Crippen LogP contribution >= 0.6 is 0 Å². The van der Waals surface area contributed by atoms with Crippen LogP contribution < -0.4 is 4.90 Å². The molecule has 0 aromatic heterocycles. The summed E-state index contributed by atoms with van der Waals surface area (Å²) >= 11 is 0. The molecule has 0 amide bonds. The molecular weight excluding hydrogens is 603 g/mol. The van der Waals surface area contributed by atoms with E-state index in [1.165, 1.54) is 33.0 Å². The van der Waals surface area contributed by atoms with Crippen molar-refractivity contribution in [1.29, 1.82) is 0 Å². The van der Waals surface area contributed by atoms with E-state index in [0.29, 0.717) is 11.1 Å². The van der Waals surface area contributed by atoms with Crippen LogP contribution in [0.3, 0.4) is 0 Å². The van der Waals surface area contributed by atoms with Gasteiger partial charge in [-0.3, -0.25) is 0 Å². The van der Waals surface area contributed by atoms with E-state index in [0.717, 1.165) is 33.6 Å². The normalized spacial score (nSPS) is 13.9. The van der Waals surface area contributed by atoms with Gasteiger partial charge in [0, 0.05) is 22.5 Å². The third kappa shape index (κ3) is 5.11. The fourth-order valence-electron chi connectivity index (χ4n) is 7.55. The predicted octanol–water partition coefficient (Wildman–Crippen LogP) is 13.6. The first-order valence-electron chi connectivity index (χ1n) is 19.1. The zero-order valence-corrected chi connectivity index (χ0v) is 28.0. The first kappa shape index (κ1) is 25.8. The highest BCUT2D eigenvalue weighted by molar-refractivity contribution is 5.97. The second kappa shape index (κ2) is 12.1. The van der Waals surface area contributed by atoms with Gasteiger partial charge < -0.3 is 4.90 Å². The van der Waals surface area contributed by atoms with Gasteiger partial charge in [-0.15, -0.1) is 0 Å². The molecule has 0 saturated heterocycles. The van der Waals surface area contributed by atoms with Crippen LogP contribution in [0.2, 0.25) is 0 Å². The molecule has 0 bridgehead atoms. The van der Waals surface area contributed by atoms with Crippen molar-refractivity contribution < 1.29 is 5.48 Å². The number of nitrogens with zero attached hydrogens (tertiary/aromatic N) is 1. The van der Waals surface area contributed by atoms with Gasteiger partial charge >= 0.3 is 0 Å². The quantitative estimate of drug-likeness (QED) is 0.174. The van der Waals surface area contributed by atoms with Crippen LogP contribution in [-0.2, 0) is 5.41 Å². The largest absolute Gasteiger partial charge is 0.310 e. The van der Waals surface area contributed by atoms with Crippen molar-refractivity contribution in [2.45, 2.75) is 19.3 Å². The molecule has 8 aromatic carbocycles. The summed E-state index contributed by atoms with van der Waals surface area (Å²) in [4.78, 5) is 1.89. The lowest BCUT2D eigenvalue weighted by molar-refractivity contribution is 0.660. The lowest BCUT2D eigenvalue weighted by Crippen LogP contribution is -2.16. The fraction of sp³-hybridized carbons (Fsp3) is 0.0612. The van der Waals surface area contributed by atoms with E-state index in [4.69, 9.17) is 0 Å². The molecule has 0 aliphatic heterocycles. The Morgan fingerprint density at radius 3 is 1.84 bits per heavy atom. The van der Waals surface area contributed by atoms with Gasteiger partial charge in [0.15, 0.2) is 0 Å². The average molecular weight is 644 g/mol. The van der Waals surface area contributed by atoms with Crippen molar-refractivity contribution in [2.24, 2.45) is 0 Å². The zero-order chi connectivity index (χ0) is 37.1. The minimum absolute atomic E-state index is 0.0713. The summed E-state index contributed by atoms with van der Waals surface area (Å²) in [5.41, 5.74) is 11.6. The summed E-state index contributed by atoms with van der Waals surface area (Å²) in [5, 5.41) is 2.41. The molecule has 1 nitrogen and oxygen atoms in total. The number of rotatable bonds is 6. The second-order valence-corrected chi connectivity index (χ2v) is 13.5. The van der Waals surface area contributed by atoms with Crippen molar-refractivity contribution in [3.8, 4) is 44.5 Å². The molecule has 0 fully saturated rings. The maximum absolute atomic E-state index is 9.40. The molecule has 0 spiro atoms. The van der Waals surface area contributed by atoms with Crippen molar-refractivity contribution >= 4 is 27.8 Å². The second-order valence-electron chi connectivity index (χ2n) is 13.5. The summed E-state index contributed by atoms with van der Waals surface area (Å²) in [6, 6.07) is 55.4. The van der Waals surface area contributed by atoms with Crippen LogP contribution in [-0.4, -0.2) is 0 Å². The Morgan fingerprint density at radius 1 is 0.400 bits per heavy atom. The minimum Gasteiger partial charge on any atom is -0.310 e. The minimum atomic E-state index is -0.265. The Bertz CT molecular complexity index is 2700. The SMILES string of the molecule is [2H]c1c([2H])c(N(c2ccc(-c3cccc(-c4cccc5ccccc45)c3)cc2)c2ccc3c(c2)C(C)(C)c2ccccc2-3)c([2H])c([2H])c1-c1ccccc1. The van der Waals surface area contributed by atoms with Gasteiger partial charge in [0.05, 0.1) is 5.48 Å². The van der Waals surface area contributed by atoms with E-state index in [2.05, 4.69) is 129 Å². The van der Waals surface area contributed by atoms with Gasteiger partial charge in [-0.2, -0.15) is 0 Å². The van der Waals surface area contributed by atoms with Crippen LogP contribution in [0.1, 0.15) is 30.5 Å². The van der Waals surface area contributed by atoms with Crippen molar-refractivity contribution in [1.82, 2.24) is 0 Å². The monoisotopic (exact) mass is 643 g/mol. The highest BCUT2D eigenvalue weighted by Gasteiger charge is 2.35. The first-order valence-corrected chi connectivity index (χ1v) is 17.1. The molecule has 1 aliphatic rings. The summed E-state index contributed by atoms with van der Waals surface area (Å²) < 4.78 is 37.1. The van der Waals surface area contributed by atoms with Crippen molar-refractivity contribution in [3.05, 3.63) is 199 Å². The molecular formula is C49H37N. The standard InChI is InChI=1S/C49H37N/c1-49(2)47-21-9-8-19-45(47)46-31-30-42(33-48(46)49)50(40-26-22-35(23-27-40)34-12-4-3-5-13-34)41-28-24-36(25-29-41)38-16-10-17-39(32-38)44-20-11-15-37-14-6-7-18-43(37)44/h3-33H,1-2H3/i22D,23D,26D,27D. The predicted molar refractivity (Wildman–Crippen MR) is 213 cm³/mol. The molecule has 0 heterocycles. The van der Waals surface area contributed by atoms with E-state index < -0.39 is 0 Å². The molecule has 50 heavy (non-hydrogen) atoms. The summed E-state index contributed by atoms with van der Waals surface area (Å²) in [6.07, 6.45) is 0. The average Bonchev–Trinajstić information content (AvgIpc) is 3.44. The van der Waals surface area contributed by atoms with E-state index in [9.17, 15) is 5.48 Å². The van der Waals surface area contributed by atoms with Crippen LogP contribution in [0.25, 0.3) is 55.3 Å². The third-order valence-corrected chi connectivity index (χ3v) is 10.1. The number of anilines is 3. The number of benzene rings is 8. The van der Waals surface area contributed by atoms with Gasteiger partial charge in [-0.25, -0.2) is 0 Å². The van der Waals surface area contributed by atoms with Crippen LogP contribution in [0, 0.1) is 0 Å². The molecule has 9 rings (SSSR count). The van der Waals surface area contributed by atoms with Gasteiger partial charge in [0.25, 0.3) is 0 Å². The van der Waals surface area contributed by atoms with Gasteiger partial charge in [-0.05, 0) is 109 Å². The number of hydrogen-bond acceptors (Lipinski definition) is 1. The third-order valence-electron chi connectivity index (χ3n) is 10.1. The molecule has 0 N–H and O–H groups in total. The Labute approximate surface area is 300 Å².